The van der Waals surface area contributed by atoms with E-state index in [1.165, 1.54) is 70.6 Å². The molecule has 1 nitrogen and oxygen atoms in total. The van der Waals surface area contributed by atoms with Gasteiger partial charge in [0.2, 0.25) is 0 Å². The lowest BCUT2D eigenvalue weighted by molar-refractivity contribution is 0.371. The molecule has 0 amide bonds. The first-order valence-electron chi connectivity index (χ1n) is 7.10. The highest BCUT2D eigenvalue weighted by Gasteiger charge is 2.22. The average molecular weight is 209 g/mol. The Hall–Kier alpha value is -0.0400. The maximum Gasteiger partial charge on any atom is 0.00415 e. The third-order valence-corrected chi connectivity index (χ3v) is 4.25. The Morgan fingerprint density at radius 1 is 0.867 bits per heavy atom. The molecule has 88 valence electrons. The zero-order chi connectivity index (χ0) is 10.5. The van der Waals surface area contributed by atoms with E-state index in [1.54, 1.807) is 0 Å². The van der Waals surface area contributed by atoms with Crippen molar-refractivity contribution in [2.24, 2.45) is 17.6 Å². The Bertz CT molecular complexity index is 166. The molecule has 0 aromatic rings. The minimum Gasteiger partial charge on any atom is -0.328 e. The van der Waals surface area contributed by atoms with Gasteiger partial charge < -0.3 is 5.73 Å². The van der Waals surface area contributed by atoms with Crippen LogP contribution in [0.3, 0.4) is 0 Å². The molecule has 0 bridgehead atoms. The molecule has 1 heteroatoms. The molecule has 1 unspecified atom stereocenters. The normalized spacial score (nSPS) is 26.2. The van der Waals surface area contributed by atoms with Crippen LogP contribution in [0.25, 0.3) is 0 Å². The fraction of sp³-hybridized carbons (Fsp3) is 1.00. The van der Waals surface area contributed by atoms with Crippen molar-refractivity contribution in [3.05, 3.63) is 0 Å². The zero-order valence-corrected chi connectivity index (χ0v) is 10.1. The summed E-state index contributed by atoms with van der Waals surface area (Å²) in [5.41, 5.74) is 6.23. The van der Waals surface area contributed by atoms with Crippen LogP contribution in [0, 0.1) is 11.8 Å². The van der Waals surface area contributed by atoms with Gasteiger partial charge >= 0.3 is 0 Å². The van der Waals surface area contributed by atoms with Gasteiger partial charge in [-0.15, -0.1) is 0 Å². The van der Waals surface area contributed by atoms with Gasteiger partial charge in [-0.3, -0.25) is 0 Å². The van der Waals surface area contributed by atoms with Crippen molar-refractivity contribution in [3.63, 3.8) is 0 Å². The van der Waals surface area contributed by atoms with Crippen LogP contribution in [-0.2, 0) is 0 Å². The molecular formula is C14H27N. The lowest BCUT2D eigenvalue weighted by Crippen LogP contribution is -2.23. The Morgan fingerprint density at radius 3 is 2.13 bits per heavy atom. The Morgan fingerprint density at radius 2 is 1.53 bits per heavy atom. The second-order valence-electron chi connectivity index (χ2n) is 5.87. The summed E-state index contributed by atoms with van der Waals surface area (Å²) in [6, 6.07) is 0.508. The van der Waals surface area contributed by atoms with Crippen molar-refractivity contribution >= 4 is 0 Å². The van der Waals surface area contributed by atoms with Crippen molar-refractivity contribution in [2.45, 2.75) is 76.7 Å². The van der Waals surface area contributed by atoms with E-state index < -0.39 is 0 Å². The van der Waals surface area contributed by atoms with Gasteiger partial charge in [0.05, 0.1) is 0 Å². The molecule has 0 radical (unpaired) electrons. The van der Waals surface area contributed by atoms with Crippen molar-refractivity contribution in [1.82, 2.24) is 0 Å². The molecule has 2 fully saturated rings. The first-order valence-corrected chi connectivity index (χ1v) is 7.10. The van der Waals surface area contributed by atoms with Crippen LogP contribution in [0.4, 0.5) is 0 Å². The minimum absolute atomic E-state index is 0.508. The summed E-state index contributed by atoms with van der Waals surface area (Å²) in [5.74, 6) is 2.02. The third kappa shape index (κ3) is 4.55. The molecule has 2 N–H and O–H groups in total. The molecule has 0 spiro atoms. The summed E-state index contributed by atoms with van der Waals surface area (Å²) in [7, 11) is 0. The van der Waals surface area contributed by atoms with E-state index in [-0.39, 0.29) is 0 Å². The summed E-state index contributed by atoms with van der Waals surface area (Å²) < 4.78 is 0. The molecule has 0 aromatic carbocycles. The molecular weight excluding hydrogens is 182 g/mol. The number of hydrogen-bond acceptors (Lipinski definition) is 1. The average Bonchev–Trinajstić information content (AvgIpc) is 3.03. The topological polar surface area (TPSA) is 26.0 Å². The molecule has 15 heavy (non-hydrogen) atoms. The number of nitrogens with two attached hydrogens (primary N) is 1. The van der Waals surface area contributed by atoms with E-state index in [4.69, 9.17) is 5.73 Å². The van der Waals surface area contributed by atoms with E-state index in [0.29, 0.717) is 6.04 Å². The maximum absolute atomic E-state index is 6.23. The molecule has 0 saturated heterocycles. The molecule has 0 heterocycles. The molecule has 2 rings (SSSR count). The number of hydrogen-bond donors (Lipinski definition) is 1. The Labute approximate surface area is 94.8 Å². The fourth-order valence-electron chi connectivity index (χ4n) is 3.00. The van der Waals surface area contributed by atoms with E-state index in [1.807, 2.05) is 0 Å². The third-order valence-electron chi connectivity index (χ3n) is 4.25. The largest absolute Gasteiger partial charge is 0.328 e. The maximum atomic E-state index is 6.23. The molecule has 0 aliphatic heterocycles. The lowest BCUT2D eigenvalue weighted by atomic mass is 9.91. The van der Waals surface area contributed by atoms with Gasteiger partial charge in [-0.05, 0) is 31.1 Å². The van der Waals surface area contributed by atoms with Gasteiger partial charge in [-0.1, -0.05) is 51.4 Å². The fourth-order valence-corrected chi connectivity index (χ4v) is 3.00. The molecule has 0 aromatic heterocycles. The van der Waals surface area contributed by atoms with Crippen LogP contribution < -0.4 is 5.73 Å². The van der Waals surface area contributed by atoms with Gasteiger partial charge in [0.1, 0.15) is 0 Å². The van der Waals surface area contributed by atoms with Crippen molar-refractivity contribution in [1.29, 1.82) is 0 Å². The van der Waals surface area contributed by atoms with Crippen LogP contribution in [0.5, 0.6) is 0 Å². The van der Waals surface area contributed by atoms with E-state index in [9.17, 15) is 0 Å². The summed E-state index contributed by atoms with van der Waals surface area (Å²) in [4.78, 5) is 0. The molecule has 2 aliphatic rings. The van der Waals surface area contributed by atoms with Crippen molar-refractivity contribution in [2.75, 3.05) is 0 Å². The quantitative estimate of drug-likeness (QED) is 0.684. The van der Waals surface area contributed by atoms with Crippen molar-refractivity contribution in [3.8, 4) is 0 Å². The zero-order valence-electron chi connectivity index (χ0n) is 10.1. The van der Waals surface area contributed by atoms with Crippen molar-refractivity contribution < 1.29 is 0 Å². The van der Waals surface area contributed by atoms with E-state index in [2.05, 4.69) is 0 Å². The summed E-state index contributed by atoms with van der Waals surface area (Å²) in [6.45, 7) is 0. The van der Waals surface area contributed by atoms with Crippen LogP contribution in [0.1, 0.15) is 70.6 Å². The molecule has 1 atom stereocenters. The SMILES string of the molecule is NC(CCC1CC1)CC1CCCCCC1. The smallest absolute Gasteiger partial charge is 0.00415 e. The molecule has 2 saturated carbocycles. The van der Waals surface area contributed by atoms with Crippen LogP contribution in [0.2, 0.25) is 0 Å². The van der Waals surface area contributed by atoms with E-state index in [0.717, 1.165) is 11.8 Å². The van der Waals surface area contributed by atoms with Gasteiger partial charge in [0.25, 0.3) is 0 Å². The Balaban J connectivity index is 1.60. The highest BCUT2D eigenvalue weighted by Crippen LogP contribution is 2.34. The summed E-state index contributed by atoms with van der Waals surface area (Å²) in [6.07, 6.45) is 15.7. The molecule has 2 aliphatic carbocycles. The number of rotatable bonds is 5. The second kappa shape index (κ2) is 5.89. The lowest BCUT2D eigenvalue weighted by Gasteiger charge is -2.19. The van der Waals surface area contributed by atoms with Gasteiger partial charge in [-0.25, -0.2) is 0 Å². The predicted octanol–water partition coefficient (Wildman–Crippen LogP) is 3.86. The van der Waals surface area contributed by atoms with Gasteiger partial charge in [0.15, 0.2) is 0 Å². The van der Waals surface area contributed by atoms with Crippen LogP contribution in [-0.4, -0.2) is 6.04 Å². The monoisotopic (exact) mass is 209 g/mol. The summed E-state index contributed by atoms with van der Waals surface area (Å²) >= 11 is 0. The van der Waals surface area contributed by atoms with Gasteiger partial charge in [0, 0.05) is 6.04 Å². The Kier molecular flexibility index (Phi) is 4.49. The highest BCUT2D eigenvalue weighted by molar-refractivity contribution is 4.77. The summed E-state index contributed by atoms with van der Waals surface area (Å²) in [5, 5.41) is 0. The standard InChI is InChI=1S/C14H27N/c15-14(10-9-12-7-8-12)11-13-5-3-1-2-4-6-13/h12-14H,1-11,15H2. The van der Waals surface area contributed by atoms with E-state index >= 15 is 0 Å². The first-order chi connectivity index (χ1) is 7.34. The van der Waals surface area contributed by atoms with Crippen LogP contribution >= 0.6 is 0 Å². The first kappa shape index (κ1) is 11.4. The predicted molar refractivity (Wildman–Crippen MR) is 65.7 cm³/mol. The van der Waals surface area contributed by atoms with Gasteiger partial charge in [-0.2, -0.15) is 0 Å². The second-order valence-corrected chi connectivity index (χ2v) is 5.87. The van der Waals surface area contributed by atoms with Crippen LogP contribution in [0.15, 0.2) is 0 Å². The minimum atomic E-state index is 0.508. The highest BCUT2D eigenvalue weighted by atomic mass is 14.6.